The molecule has 0 amide bonds. The van der Waals surface area contributed by atoms with E-state index in [9.17, 15) is 0 Å². The first-order valence-electron chi connectivity index (χ1n) is 10.2. The molecule has 0 aliphatic carbocycles. The first-order valence-corrected chi connectivity index (χ1v) is 10.2. The summed E-state index contributed by atoms with van der Waals surface area (Å²) < 4.78 is 12.9. The molecular weight excluding hydrogens is 388 g/mol. The van der Waals surface area contributed by atoms with Crippen molar-refractivity contribution in [2.75, 3.05) is 14.2 Å². The van der Waals surface area contributed by atoms with Crippen LogP contribution in [0, 0.1) is 0 Å². The Morgan fingerprint density at radius 2 is 1.77 bits per heavy atom. The highest BCUT2D eigenvalue weighted by Crippen LogP contribution is 2.40. The molecule has 154 valence electrons. The Kier molecular flexibility index (Phi) is 4.75. The molecule has 0 fully saturated rings. The van der Waals surface area contributed by atoms with E-state index in [1.165, 1.54) is 0 Å². The zero-order chi connectivity index (χ0) is 21.4. The van der Waals surface area contributed by atoms with Crippen molar-refractivity contribution >= 4 is 16.4 Å². The summed E-state index contributed by atoms with van der Waals surface area (Å²) in [5.41, 5.74) is 6.58. The molecule has 0 spiro atoms. The number of aryl methyl sites for hydroxylation is 1. The minimum absolute atomic E-state index is 0.650. The molecule has 0 N–H and O–H groups in total. The van der Waals surface area contributed by atoms with Gasteiger partial charge in [0.15, 0.2) is 11.5 Å². The minimum Gasteiger partial charge on any atom is -0.493 e. The molecular formula is C25H22N4O2. The van der Waals surface area contributed by atoms with Crippen molar-refractivity contribution in [1.29, 1.82) is 0 Å². The highest BCUT2D eigenvalue weighted by Gasteiger charge is 2.20. The third-order valence-electron chi connectivity index (χ3n) is 5.47. The third-order valence-corrected chi connectivity index (χ3v) is 5.47. The summed E-state index contributed by atoms with van der Waals surface area (Å²) in [7, 11) is 3.27. The van der Waals surface area contributed by atoms with E-state index in [0.717, 1.165) is 51.0 Å². The second-order valence-corrected chi connectivity index (χ2v) is 7.20. The lowest BCUT2D eigenvalue weighted by Crippen LogP contribution is -1.94. The molecule has 4 heterocycles. The molecule has 5 rings (SSSR count). The van der Waals surface area contributed by atoms with Crippen molar-refractivity contribution in [2.24, 2.45) is 0 Å². The Morgan fingerprint density at radius 1 is 0.935 bits per heavy atom. The number of methoxy groups -OCH3 is 2. The summed E-state index contributed by atoms with van der Waals surface area (Å²) in [4.78, 5) is 9.42. The molecule has 0 aliphatic heterocycles. The number of fused-ring (bicyclic) bond motifs is 2. The monoisotopic (exact) mass is 410 g/mol. The van der Waals surface area contributed by atoms with Crippen molar-refractivity contribution in [2.45, 2.75) is 13.3 Å². The Hall–Kier alpha value is -3.93. The van der Waals surface area contributed by atoms with Crippen LogP contribution in [0.4, 0.5) is 0 Å². The molecule has 0 bridgehead atoms. The summed E-state index contributed by atoms with van der Waals surface area (Å²) in [6.07, 6.45) is 4.64. The van der Waals surface area contributed by atoms with Gasteiger partial charge in [0.1, 0.15) is 5.69 Å². The van der Waals surface area contributed by atoms with Crippen LogP contribution in [0.25, 0.3) is 38.9 Å². The van der Waals surface area contributed by atoms with Gasteiger partial charge in [0.25, 0.3) is 0 Å². The molecule has 5 aromatic rings. The second-order valence-electron chi connectivity index (χ2n) is 7.20. The largest absolute Gasteiger partial charge is 0.493 e. The number of hydrogen-bond acceptors (Lipinski definition) is 5. The van der Waals surface area contributed by atoms with E-state index in [0.29, 0.717) is 11.5 Å². The summed E-state index contributed by atoms with van der Waals surface area (Å²) >= 11 is 0. The van der Waals surface area contributed by atoms with Crippen LogP contribution in [-0.2, 0) is 6.42 Å². The first-order chi connectivity index (χ1) is 15.2. The lowest BCUT2D eigenvalue weighted by molar-refractivity contribution is 0.356. The van der Waals surface area contributed by atoms with Crippen molar-refractivity contribution in [3.05, 3.63) is 72.7 Å². The molecule has 0 saturated heterocycles. The van der Waals surface area contributed by atoms with E-state index in [1.54, 1.807) is 14.2 Å². The molecule has 0 saturated carbocycles. The first kappa shape index (κ1) is 19.1. The van der Waals surface area contributed by atoms with E-state index in [2.05, 4.69) is 18.0 Å². The van der Waals surface area contributed by atoms with E-state index >= 15 is 0 Å². The van der Waals surface area contributed by atoms with Crippen molar-refractivity contribution < 1.29 is 9.47 Å². The smallest absolute Gasteiger partial charge is 0.162 e. The fraction of sp³-hybridized carbons (Fsp3) is 0.160. The average molecular weight is 410 g/mol. The maximum absolute atomic E-state index is 5.56. The summed E-state index contributed by atoms with van der Waals surface area (Å²) in [5, 5.41) is 5.86. The molecule has 1 aromatic carbocycles. The molecule has 0 atom stereocenters. The lowest BCUT2D eigenvalue weighted by Gasteiger charge is -2.12. The van der Waals surface area contributed by atoms with Gasteiger partial charge in [0.05, 0.1) is 30.9 Å². The molecule has 6 heteroatoms. The summed E-state index contributed by atoms with van der Waals surface area (Å²) in [6, 6.07) is 18.0. The van der Waals surface area contributed by atoms with Gasteiger partial charge in [0.2, 0.25) is 0 Å². The van der Waals surface area contributed by atoms with Crippen LogP contribution in [0.1, 0.15) is 12.6 Å². The molecule has 0 unspecified atom stereocenters. The number of ether oxygens (including phenoxy) is 2. The predicted octanol–water partition coefficient (Wildman–Crippen LogP) is 5.19. The van der Waals surface area contributed by atoms with Crippen LogP contribution >= 0.6 is 0 Å². The lowest BCUT2D eigenvalue weighted by atomic mass is 9.98. The SMILES string of the molecule is CCc1cccc(-c2nn3ccccc3c2-c2ccnc3cc(OC)c(OC)cc23)n1. The zero-order valence-corrected chi connectivity index (χ0v) is 17.7. The molecule has 6 nitrogen and oxygen atoms in total. The number of hydrogen-bond donors (Lipinski definition) is 0. The Balaban J connectivity index is 1.86. The number of rotatable bonds is 5. The minimum atomic E-state index is 0.650. The highest BCUT2D eigenvalue weighted by atomic mass is 16.5. The van der Waals surface area contributed by atoms with Gasteiger partial charge in [-0.25, -0.2) is 4.52 Å². The zero-order valence-electron chi connectivity index (χ0n) is 17.7. The van der Waals surface area contributed by atoms with Gasteiger partial charge in [0, 0.05) is 35.1 Å². The van der Waals surface area contributed by atoms with E-state index in [4.69, 9.17) is 19.6 Å². The van der Waals surface area contributed by atoms with Gasteiger partial charge in [-0.3, -0.25) is 9.97 Å². The summed E-state index contributed by atoms with van der Waals surface area (Å²) in [6.45, 7) is 2.10. The van der Waals surface area contributed by atoms with Gasteiger partial charge in [-0.2, -0.15) is 5.10 Å². The third kappa shape index (κ3) is 3.17. The number of aromatic nitrogens is 4. The van der Waals surface area contributed by atoms with E-state index in [-0.39, 0.29) is 0 Å². The van der Waals surface area contributed by atoms with Crippen LogP contribution in [0.5, 0.6) is 11.5 Å². The quantitative estimate of drug-likeness (QED) is 0.399. The normalized spacial score (nSPS) is 11.2. The topological polar surface area (TPSA) is 61.5 Å². The van der Waals surface area contributed by atoms with Crippen molar-refractivity contribution in [3.8, 4) is 34.0 Å². The van der Waals surface area contributed by atoms with E-state index < -0.39 is 0 Å². The maximum Gasteiger partial charge on any atom is 0.162 e. The molecule has 31 heavy (non-hydrogen) atoms. The van der Waals surface area contributed by atoms with Crippen LogP contribution in [0.15, 0.2) is 67.0 Å². The van der Waals surface area contributed by atoms with Gasteiger partial charge >= 0.3 is 0 Å². The summed E-state index contributed by atoms with van der Waals surface area (Å²) in [5.74, 6) is 1.31. The van der Waals surface area contributed by atoms with Gasteiger partial charge in [-0.05, 0) is 48.4 Å². The maximum atomic E-state index is 5.56. The fourth-order valence-corrected chi connectivity index (χ4v) is 3.94. The standard InChI is InChI=1S/C25H22N4O2/c1-4-16-8-7-9-19(27-16)25-24(21-10-5-6-13-29(21)28-25)17-11-12-26-20-15-23(31-3)22(30-2)14-18(17)20/h5-15H,4H2,1-3H3. The van der Waals surface area contributed by atoms with E-state index in [1.807, 2.05) is 65.4 Å². The van der Waals surface area contributed by atoms with Crippen LogP contribution in [0.2, 0.25) is 0 Å². The van der Waals surface area contributed by atoms with Crippen molar-refractivity contribution in [1.82, 2.24) is 19.6 Å². The molecule has 0 aliphatic rings. The Labute approximate surface area is 180 Å². The highest BCUT2D eigenvalue weighted by molar-refractivity contribution is 6.04. The second kappa shape index (κ2) is 7.72. The molecule has 0 radical (unpaired) electrons. The van der Waals surface area contributed by atoms with Crippen LogP contribution in [-0.4, -0.2) is 33.8 Å². The Bertz CT molecular complexity index is 1410. The van der Waals surface area contributed by atoms with Gasteiger partial charge in [-0.1, -0.05) is 19.1 Å². The number of nitrogens with zero attached hydrogens (tertiary/aromatic N) is 4. The van der Waals surface area contributed by atoms with Gasteiger partial charge < -0.3 is 9.47 Å². The number of pyridine rings is 3. The molecule has 4 aromatic heterocycles. The predicted molar refractivity (Wildman–Crippen MR) is 122 cm³/mol. The average Bonchev–Trinajstić information content (AvgIpc) is 3.22. The van der Waals surface area contributed by atoms with Crippen LogP contribution < -0.4 is 9.47 Å². The fourth-order valence-electron chi connectivity index (χ4n) is 3.94. The van der Waals surface area contributed by atoms with Crippen molar-refractivity contribution in [3.63, 3.8) is 0 Å². The Morgan fingerprint density at radius 3 is 2.58 bits per heavy atom. The van der Waals surface area contributed by atoms with Gasteiger partial charge in [-0.15, -0.1) is 0 Å². The number of benzene rings is 1. The van der Waals surface area contributed by atoms with Crippen LogP contribution in [0.3, 0.4) is 0 Å².